The molecule has 4 rings (SSSR count). The Balaban J connectivity index is 1.74. The number of pyridine rings is 1. The molecule has 0 amide bonds. The molecule has 0 aromatic carbocycles. The Bertz CT molecular complexity index is 1000. The molecule has 0 unspecified atom stereocenters. The largest absolute Gasteiger partial charge is 0.466 e. The second-order valence-corrected chi connectivity index (χ2v) is 6.70. The predicted octanol–water partition coefficient (Wildman–Crippen LogP) is 3.04. The zero-order chi connectivity index (χ0) is 20.4. The fourth-order valence-electron chi connectivity index (χ4n) is 3.16. The van der Waals surface area contributed by atoms with Crippen LogP contribution < -0.4 is 15.4 Å². The van der Waals surface area contributed by atoms with Gasteiger partial charge in [0.25, 0.3) is 5.88 Å². The number of ether oxygens (including phenoxy) is 1. The molecule has 0 bridgehead atoms. The van der Waals surface area contributed by atoms with Crippen LogP contribution >= 0.6 is 0 Å². The fraction of sp³-hybridized carbons (Fsp3) is 0.389. The van der Waals surface area contributed by atoms with Crippen molar-refractivity contribution < 1.29 is 22.3 Å². The van der Waals surface area contributed by atoms with E-state index < -0.39 is 24.5 Å². The van der Waals surface area contributed by atoms with Gasteiger partial charge in [0.2, 0.25) is 5.82 Å². The summed E-state index contributed by atoms with van der Waals surface area (Å²) in [6.07, 6.45) is 0.227. The molecule has 154 valence electrons. The van der Waals surface area contributed by atoms with Gasteiger partial charge in [0.15, 0.2) is 18.2 Å². The highest BCUT2D eigenvalue weighted by molar-refractivity contribution is 5.76. The number of alkyl halides is 3. The van der Waals surface area contributed by atoms with Crippen molar-refractivity contribution in [2.75, 3.05) is 25.0 Å². The Morgan fingerprint density at radius 2 is 2.14 bits per heavy atom. The van der Waals surface area contributed by atoms with Gasteiger partial charge in [-0.05, 0) is 31.5 Å². The number of nitrogens with one attached hydrogen (secondary N) is 2. The monoisotopic (exact) mass is 410 g/mol. The summed E-state index contributed by atoms with van der Waals surface area (Å²) in [5.41, 5.74) is 1.08. The van der Waals surface area contributed by atoms with Crippen LogP contribution in [0, 0.1) is 5.82 Å². The highest BCUT2D eigenvalue weighted by atomic mass is 19.4. The minimum absolute atomic E-state index is 0.0241. The van der Waals surface area contributed by atoms with Crippen LogP contribution in [0.1, 0.15) is 12.8 Å². The highest BCUT2D eigenvalue weighted by Crippen LogP contribution is 2.30. The summed E-state index contributed by atoms with van der Waals surface area (Å²) >= 11 is 0. The van der Waals surface area contributed by atoms with E-state index in [1.54, 1.807) is 28.9 Å². The summed E-state index contributed by atoms with van der Waals surface area (Å²) in [6, 6.07) is 5.19. The van der Waals surface area contributed by atoms with Crippen LogP contribution in [0.2, 0.25) is 0 Å². The fourth-order valence-corrected chi connectivity index (χ4v) is 3.16. The van der Waals surface area contributed by atoms with Crippen LogP contribution in [0.25, 0.3) is 16.9 Å². The van der Waals surface area contributed by atoms with Crippen molar-refractivity contribution in [3.05, 3.63) is 36.4 Å². The number of anilines is 1. The van der Waals surface area contributed by atoms with E-state index in [4.69, 9.17) is 0 Å². The Labute approximate surface area is 163 Å². The van der Waals surface area contributed by atoms with Crippen molar-refractivity contribution in [3.8, 4) is 17.3 Å². The lowest BCUT2D eigenvalue weighted by molar-refractivity contribution is -0.154. The molecule has 1 atom stereocenters. The Kier molecular flexibility index (Phi) is 5.22. The molecule has 0 aliphatic carbocycles. The summed E-state index contributed by atoms with van der Waals surface area (Å²) in [7, 11) is 0. The SMILES string of the molecule is Fc1c(N[C@@H]2CCCNC2)nc(-c2cnn3ccccc23)nc1OCC(F)(F)F. The summed E-state index contributed by atoms with van der Waals surface area (Å²) < 4.78 is 58.8. The second kappa shape index (κ2) is 7.82. The van der Waals surface area contributed by atoms with Crippen LogP contribution in [0.5, 0.6) is 5.88 Å². The van der Waals surface area contributed by atoms with Crippen LogP contribution in [-0.4, -0.2) is 51.5 Å². The van der Waals surface area contributed by atoms with Gasteiger partial charge in [-0.25, -0.2) is 9.50 Å². The van der Waals surface area contributed by atoms with Gasteiger partial charge < -0.3 is 15.4 Å². The quantitative estimate of drug-likeness (QED) is 0.630. The third-order valence-electron chi connectivity index (χ3n) is 4.50. The number of hydrogen-bond acceptors (Lipinski definition) is 6. The van der Waals surface area contributed by atoms with Crippen LogP contribution in [-0.2, 0) is 0 Å². The first-order chi connectivity index (χ1) is 13.9. The van der Waals surface area contributed by atoms with Crippen LogP contribution in [0.15, 0.2) is 30.6 Å². The first-order valence-electron chi connectivity index (χ1n) is 9.08. The molecule has 0 radical (unpaired) electrons. The molecule has 0 spiro atoms. The number of aromatic nitrogens is 4. The van der Waals surface area contributed by atoms with Crippen molar-refractivity contribution in [2.24, 2.45) is 0 Å². The molecule has 4 heterocycles. The molecule has 7 nitrogen and oxygen atoms in total. The number of hydrogen-bond donors (Lipinski definition) is 2. The molecule has 1 saturated heterocycles. The van der Waals surface area contributed by atoms with Gasteiger partial charge in [-0.15, -0.1) is 0 Å². The number of nitrogens with zero attached hydrogens (tertiary/aromatic N) is 4. The first-order valence-corrected chi connectivity index (χ1v) is 9.08. The van der Waals surface area contributed by atoms with Gasteiger partial charge in [0.05, 0.1) is 17.3 Å². The van der Waals surface area contributed by atoms with Crippen molar-refractivity contribution in [3.63, 3.8) is 0 Å². The van der Waals surface area contributed by atoms with Gasteiger partial charge in [0, 0.05) is 18.8 Å². The topological polar surface area (TPSA) is 76.4 Å². The van der Waals surface area contributed by atoms with E-state index in [1.165, 1.54) is 6.20 Å². The number of piperidine rings is 1. The van der Waals surface area contributed by atoms with Crippen molar-refractivity contribution in [1.82, 2.24) is 24.9 Å². The van der Waals surface area contributed by atoms with E-state index >= 15 is 0 Å². The van der Waals surface area contributed by atoms with E-state index in [9.17, 15) is 17.6 Å². The minimum Gasteiger partial charge on any atom is -0.466 e. The third kappa shape index (κ3) is 4.39. The number of fused-ring (bicyclic) bond motifs is 1. The van der Waals surface area contributed by atoms with Gasteiger partial charge in [-0.3, -0.25) is 0 Å². The van der Waals surface area contributed by atoms with E-state index in [-0.39, 0.29) is 17.7 Å². The molecular formula is C18H18F4N6O. The maximum atomic E-state index is 14.8. The van der Waals surface area contributed by atoms with Gasteiger partial charge in [-0.2, -0.15) is 27.6 Å². The Hall–Kier alpha value is -2.95. The van der Waals surface area contributed by atoms with Crippen molar-refractivity contribution >= 4 is 11.3 Å². The average Bonchev–Trinajstić information content (AvgIpc) is 3.13. The zero-order valence-electron chi connectivity index (χ0n) is 15.2. The molecule has 0 saturated carbocycles. The molecule has 1 aliphatic heterocycles. The van der Waals surface area contributed by atoms with Gasteiger partial charge in [0.1, 0.15) is 0 Å². The molecule has 3 aromatic rings. The maximum Gasteiger partial charge on any atom is 0.422 e. The van der Waals surface area contributed by atoms with Gasteiger partial charge in [-0.1, -0.05) is 6.07 Å². The van der Waals surface area contributed by atoms with E-state index in [0.29, 0.717) is 17.6 Å². The first kappa shape index (κ1) is 19.4. The maximum absolute atomic E-state index is 14.8. The smallest absolute Gasteiger partial charge is 0.422 e. The van der Waals surface area contributed by atoms with Crippen LogP contribution in [0.4, 0.5) is 23.4 Å². The molecule has 1 aliphatic rings. The third-order valence-corrected chi connectivity index (χ3v) is 4.50. The van der Waals surface area contributed by atoms with E-state index in [1.807, 2.05) is 0 Å². The minimum atomic E-state index is -4.62. The summed E-state index contributed by atoms with van der Waals surface area (Å²) in [4.78, 5) is 8.13. The van der Waals surface area contributed by atoms with Gasteiger partial charge >= 0.3 is 6.18 Å². The lowest BCUT2D eigenvalue weighted by atomic mass is 10.1. The normalized spacial score (nSPS) is 17.4. The molecular weight excluding hydrogens is 392 g/mol. The molecule has 29 heavy (non-hydrogen) atoms. The van der Waals surface area contributed by atoms with Crippen molar-refractivity contribution in [1.29, 1.82) is 0 Å². The highest BCUT2D eigenvalue weighted by Gasteiger charge is 2.30. The second-order valence-electron chi connectivity index (χ2n) is 6.70. The predicted molar refractivity (Wildman–Crippen MR) is 97.2 cm³/mol. The average molecular weight is 410 g/mol. The summed E-state index contributed by atoms with van der Waals surface area (Å²) in [5.74, 6) is -1.99. The lowest BCUT2D eigenvalue weighted by Gasteiger charge is -2.24. The Morgan fingerprint density at radius 1 is 1.28 bits per heavy atom. The molecule has 3 aromatic heterocycles. The summed E-state index contributed by atoms with van der Waals surface area (Å²) in [5, 5.41) is 10.3. The standard InChI is InChI=1S/C18H18F4N6O/c19-14-16(25-11-4-3-6-23-8-11)26-15(27-17(14)29-10-18(20,21)22)12-9-24-28-7-2-1-5-13(12)28/h1-2,5,7,9,11,23H,3-4,6,8,10H2,(H,25,26,27)/t11-/m1/s1. The van der Waals surface area contributed by atoms with E-state index in [0.717, 1.165) is 19.4 Å². The number of halogens is 4. The van der Waals surface area contributed by atoms with E-state index in [2.05, 4.69) is 30.4 Å². The number of rotatable bonds is 5. The molecule has 11 heteroatoms. The lowest BCUT2D eigenvalue weighted by Crippen LogP contribution is -2.38. The molecule has 2 N–H and O–H groups in total. The molecule has 1 fully saturated rings. The summed E-state index contributed by atoms with van der Waals surface area (Å²) in [6.45, 7) is -0.203. The van der Waals surface area contributed by atoms with Crippen molar-refractivity contribution in [2.45, 2.75) is 25.1 Å². The Morgan fingerprint density at radius 3 is 2.90 bits per heavy atom. The van der Waals surface area contributed by atoms with Crippen LogP contribution in [0.3, 0.4) is 0 Å². The zero-order valence-corrected chi connectivity index (χ0v) is 15.2.